The van der Waals surface area contributed by atoms with Gasteiger partial charge in [0.1, 0.15) is 12.4 Å². The van der Waals surface area contributed by atoms with Crippen LogP contribution in [0.4, 0.5) is 0 Å². The van der Waals surface area contributed by atoms with Crippen LogP contribution in [0.3, 0.4) is 0 Å². The van der Waals surface area contributed by atoms with Gasteiger partial charge in [-0.05, 0) is 19.1 Å². The van der Waals surface area contributed by atoms with E-state index in [0.717, 1.165) is 22.5 Å². The number of aromatic nitrogens is 3. The lowest BCUT2D eigenvalue weighted by molar-refractivity contribution is 0.290. The van der Waals surface area contributed by atoms with Crippen LogP contribution in [0.15, 0.2) is 35.5 Å². The van der Waals surface area contributed by atoms with Gasteiger partial charge < -0.3 is 10.2 Å². The van der Waals surface area contributed by atoms with E-state index in [0.29, 0.717) is 12.6 Å². The Kier molecular flexibility index (Phi) is 3.10. The average molecular weight is 262 g/mol. The number of hydrogen-bond acceptors (Lipinski definition) is 5. The molecular weight excluding hydrogens is 248 g/mol. The molecule has 0 bridgehead atoms. The van der Waals surface area contributed by atoms with Crippen molar-refractivity contribution in [2.75, 3.05) is 11.2 Å². The van der Waals surface area contributed by atoms with Gasteiger partial charge in [0, 0.05) is 11.8 Å². The molecule has 0 saturated heterocycles. The summed E-state index contributed by atoms with van der Waals surface area (Å²) < 4.78 is 7.60. The monoisotopic (exact) mass is 262 g/mol. The molecule has 18 heavy (non-hydrogen) atoms. The first-order chi connectivity index (χ1) is 8.83. The summed E-state index contributed by atoms with van der Waals surface area (Å²) in [4.78, 5) is 0. The largest absolute Gasteiger partial charge is 0.486 e. The standard InChI is InChI=1S/C12H14N4OS/c1-9-8-18-12-14-13-11(16(12)15-9)7-17-10-5-3-2-4-6-10/h2-6,9,15H,7-8H2,1H3. The summed E-state index contributed by atoms with van der Waals surface area (Å²) in [5, 5.41) is 9.19. The van der Waals surface area contributed by atoms with Gasteiger partial charge in [-0.15, -0.1) is 10.2 Å². The normalized spacial score (nSPS) is 17.9. The van der Waals surface area contributed by atoms with Crippen LogP contribution in [0, 0.1) is 0 Å². The molecule has 1 aromatic heterocycles. The Bertz CT molecular complexity index is 528. The van der Waals surface area contributed by atoms with Crippen LogP contribution in [0.5, 0.6) is 5.75 Å². The minimum Gasteiger partial charge on any atom is -0.486 e. The van der Waals surface area contributed by atoms with Crippen LogP contribution in [-0.4, -0.2) is 26.7 Å². The minimum atomic E-state index is 0.411. The van der Waals surface area contributed by atoms with Crippen molar-refractivity contribution in [3.8, 4) is 5.75 Å². The molecule has 2 heterocycles. The maximum absolute atomic E-state index is 5.68. The molecular formula is C12H14N4OS. The van der Waals surface area contributed by atoms with Gasteiger partial charge in [0.05, 0.1) is 0 Å². The third-order valence-electron chi connectivity index (χ3n) is 2.62. The molecule has 0 spiro atoms. The number of ether oxygens (including phenoxy) is 1. The zero-order valence-electron chi connectivity index (χ0n) is 10.0. The Balaban J connectivity index is 1.72. The molecule has 3 rings (SSSR count). The molecule has 0 fully saturated rings. The first-order valence-electron chi connectivity index (χ1n) is 5.84. The molecule has 1 atom stereocenters. The Labute approximate surface area is 110 Å². The van der Waals surface area contributed by atoms with E-state index in [1.165, 1.54) is 0 Å². The van der Waals surface area contributed by atoms with Gasteiger partial charge in [-0.3, -0.25) is 0 Å². The van der Waals surface area contributed by atoms with E-state index in [1.54, 1.807) is 11.8 Å². The summed E-state index contributed by atoms with van der Waals surface area (Å²) in [5.41, 5.74) is 3.34. The van der Waals surface area contributed by atoms with Crippen molar-refractivity contribution >= 4 is 11.8 Å². The number of benzene rings is 1. The Morgan fingerprint density at radius 3 is 3.06 bits per heavy atom. The molecule has 0 aliphatic carbocycles. The summed E-state index contributed by atoms with van der Waals surface area (Å²) in [7, 11) is 0. The predicted octanol–water partition coefficient (Wildman–Crippen LogP) is 1.89. The number of para-hydroxylation sites is 1. The molecule has 1 N–H and O–H groups in total. The average Bonchev–Trinajstić information content (AvgIpc) is 2.80. The fourth-order valence-corrected chi connectivity index (χ4v) is 2.60. The zero-order chi connectivity index (χ0) is 12.4. The van der Waals surface area contributed by atoms with Crippen molar-refractivity contribution in [2.24, 2.45) is 0 Å². The summed E-state index contributed by atoms with van der Waals surface area (Å²) in [6, 6.07) is 10.1. The van der Waals surface area contributed by atoms with E-state index in [9.17, 15) is 0 Å². The van der Waals surface area contributed by atoms with E-state index in [2.05, 4.69) is 22.5 Å². The number of rotatable bonds is 3. The lowest BCUT2D eigenvalue weighted by Gasteiger charge is -2.22. The van der Waals surface area contributed by atoms with Gasteiger partial charge in [0.15, 0.2) is 5.82 Å². The van der Waals surface area contributed by atoms with Gasteiger partial charge in [-0.25, -0.2) is 4.68 Å². The quantitative estimate of drug-likeness (QED) is 0.915. The number of fused-ring (bicyclic) bond motifs is 1. The van der Waals surface area contributed by atoms with E-state index in [4.69, 9.17) is 4.74 Å². The zero-order valence-corrected chi connectivity index (χ0v) is 10.9. The molecule has 1 aromatic carbocycles. The molecule has 6 heteroatoms. The lowest BCUT2D eigenvalue weighted by Crippen LogP contribution is -2.33. The second kappa shape index (κ2) is 4.89. The molecule has 1 unspecified atom stereocenters. The summed E-state index contributed by atoms with van der Waals surface area (Å²) in [6.07, 6.45) is 0. The fourth-order valence-electron chi connectivity index (χ4n) is 1.74. The molecule has 94 valence electrons. The van der Waals surface area contributed by atoms with Gasteiger partial charge in [-0.1, -0.05) is 30.0 Å². The minimum absolute atomic E-state index is 0.411. The van der Waals surface area contributed by atoms with E-state index >= 15 is 0 Å². The Morgan fingerprint density at radius 1 is 1.39 bits per heavy atom. The molecule has 1 aliphatic rings. The van der Waals surface area contributed by atoms with Crippen LogP contribution < -0.4 is 10.2 Å². The van der Waals surface area contributed by atoms with E-state index in [1.807, 2.05) is 35.0 Å². The number of hydrogen-bond donors (Lipinski definition) is 1. The highest BCUT2D eigenvalue weighted by atomic mass is 32.2. The van der Waals surface area contributed by atoms with Gasteiger partial charge in [0.2, 0.25) is 5.16 Å². The van der Waals surface area contributed by atoms with Crippen LogP contribution in [0.1, 0.15) is 12.7 Å². The summed E-state index contributed by atoms with van der Waals surface area (Å²) in [6.45, 7) is 2.55. The SMILES string of the molecule is CC1CSc2nnc(COc3ccccc3)n2N1. The fraction of sp³-hybridized carbons (Fsp3) is 0.333. The van der Waals surface area contributed by atoms with Crippen LogP contribution in [0.25, 0.3) is 0 Å². The smallest absolute Gasteiger partial charge is 0.210 e. The molecule has 0 saturated carbocycles. The number of thioether (sulfide) groups is 1. The summed E-state index contributed by atoms with van der Waals surface area (Å²) >= 11 is 1.71. The second-order valence-electron chi connectivity index (χ2n) is 4.18. The molecule has 0 amide bonds. The Hall–Kier alpha value is -1.69. The van der Waals surface area contributed by atoms with E-state index < -0.39 is 0 Å². The van der Waals surface area contributed by atoms with Gasteiger partial charge >= 0.3 is 0 Å². The maximum atomic E-state index is 5.68. The Morgan fingerprint density at radius 2 is 2.22 bits per heavy atom. The van der Waals surface area contributed by atoms with Gasteiger partial charge in [-0.2, -0.15) is 0 Å². The van der Waals surface area contributed by atoms with Crippen molar-refractivity contribution in [2.45, 2.75) is 24.7 Å². The van der Waals surface area contributed by atoms with Crippen molar-refractivity contribution in [1.29, 1.82) is 0 Å². The maximum Gasteiger partial charge on any atom is 0.210 e. The van der Waals surface area contributed by atoms with Crippen LogP contribution >= 0.6 is 11.8 Å². The third-order valence-corrected chi connectivity index (χ3v) is 3.81. The summed E-state index contributed by atoms with van der Waals surface area (Å²) in [5.74, 6) is 2.65. The molecule has 2 aromatic rings. The van der Waals surface area contributed by atoms with Crippen molar-refractivity contribution < 1.29 is 4.74 Å². The molecule has 0 radical (unpaired) electrons. The topological polar surface area (TPSA) is 52.0 Å². The number of nitrogens with zero attached hydrogens (tertiary/aromatic N) is 3. The highest BCUT2D eigenvalue weighted by molar-refractivity contribution is 7.99. The van der Waals surface area contributed by atoms with Crippen molar-refractivity contribution in [1.82, 2.24) is 14.9 Å². The molecule has 1 aliphatic heterocycles. The first kappa shape index (κ1) is 11.4. The van der Waals surface area contributed by atoms with Crippen molar-refractivity contribution in [3.05, 3.63) is 36.2 Å². The van der Waals surface area contributed by atoms with Crippen molar-refractivity contribution in [3.63, 3.8) is 0 Å². The van der Waals surface area contributed by atoms with Crippen LogP contribution in [-0.2, 0) is 6.61 Å². The van der Waals surface area contributed by atoms with E-state index in [-0.39, 0.29) is 0 Å². The number of nitrogens with one attached hydrogen (secondary N) is 1. The third kappa shape index (κ3) is 2.28. The van der Waals surface area contributed by atoms with Gasteiger partial charge in [0.25, 0.3) is 0 Å². The first-order valence-corrected chi connectivity index (χ1v) is 6.83. The molecule has 5 nitrogen and oxygen atoms in total. The predicted molar refractivity (Wildman–Crippen MR) is 70.3 cm³/mol. The van der Waals surface area contributed by atoms with Crippen LogP contribution in [0.2, 0.25) is 0 Å². The highest BCUT2D eigenvalue weighted by Gasteiger charge is 2.20. The highest BCUT2D eigenvalue weighted by Crippen LogP contribution is 2.22. The lowest BCUT2D eigenvalue weighted by atomic mass is 10.3. The second-order valence-corrected chi connectivity index (χ2v) is 5.16.